The average molecular weight is 502 g/mol. The molecule has 0 saturated carbocycles. The largest absolute Gasteiger partial charge is 0.273 e. The highest BCUT2D eigenvalue weighted by atomic mass is 79.9. The van der Waals surface area contributed by atoms with Crippen LogP contribution in [0.5, 0.6) is 0 Å². The van der Waals surface area contributed by atoms with Crippen molar-refractivity contribution in [3.8, 4) is 24.3 Å². The van der Waals surface area contributed by atoms with Gasteiger partial charge in [0.25, 0.3) is 5.91 Å². The molecule has 0 N–H and O–H groups in total. The van der Waals surface area contributed by atoms with E-state index in [1.54, 1.807) is 13.8 Å². The number of azo groups is 2. The molecule has 11 nitrogen and oxygen atoms in total. The standard InChI is InChI=1S/C20H24BrN9O2/c1-12(6-22)10-26-28-17(14(3)8-24)20(5-16(31)30(21)19(20)32)18(15(4)9-25)29-27-11-13(2)7-23/h12-15,17-18H,5,10-11H2,1-4H3. The van der Waals surface area contributed by atoms with Gasteiger partial charge < -0.3 is 0 Å². The lowest BCUT2D eigenvalue weighted by Crippen LogP contribution is -2.53. The van der Waals surface area contributed by atoms with E-state index >= 15 is 0 Å². The van der Waals surface area contributed by atoms with Gasteiger partial charge in [-0.3, -0.25) is 9.59 Å². The van der Waals surface area contributed by atoms with Gasteiger partial charge in [0.1, 0.15) is 17.5 Å². The van der Waals surface area contributed by atoms with Crippen LogP contribution >= 0.6 is 16.1 Å². The molecule has 12 heteroatoms. The molecule has 168 valence electrons. The normalized spacial score (nSPS) is 24.2. The number of carbonyl (C=O) groups is 2. The zero-order valence-electron chi connectivity index (χ0n) is 18.3. The monoisotopic (exact) mass is 501 g/mol. The smallest absolute Gasteiger partial charge is 0.250 e. The molecule has 0 aromatic rings. The Kier molecular flexibility index (Phi) is 10.0. The summed E-state index contributed by atoms with van der Waals surface area (Å²) >= 11 is 2.97. The van der Waals surface area contributed by atoms with E-state index in [0.29, 0.717) is 0 Å². The summed E-state index contributed by atoms with van der Waals surface area (Å²) in [6.45, 7) is 6.45. The fourth-order valence-electron chi connectivity index (χ4n) is 3.36. The van der Waals surface area contributed by atoms with E-state index in [1.807, 2.05) is 24.3 Å². The minimum absolute atomic E-state index is 0.0427. The predicted molar refractivity (Wildman–Crippen MR) is 114 cm³/mol. The number of hydrogen-bond donors (Lipinski definition) is 0. The molecule has 0 aliphatic carbocycles. The van der Waals surface area contributed by atoms with Gasteiger partial charge >= 0.3 is 0 Å². The Hall–Kier alpha value is -3.22. The van der Waals surface area contributed by atoms with E-state index in [4.69, 9.17) is 10.5 Å². The second-order valence-electron chi connectivity index (χ2n) is 7.86. The van der Waals surface area contributed by atoms with E-state index in [2.05, 4.69) is 36.6 Å². The Morgan fingerprint density at radius 3 is 1.56 bits per heavy atom. The number of rotatable bonds is 10. The molecule has 1 fully saturated rings. The van der Waals surface area contributed by atoms with Crippen molar-refractivity contribution < 1.29 is 9.59 Å². The predicted octanol–water partition coefficient (Wildman–Crippen LogP) is 3.32. The first kappa shape index (κ1) is 26.8. The molecule has 0 radical (unpaired) electrons. The van der Waals surface area contributed by atoms with Gasteiger partial charge in [0.15, 0.2) is 0 Å². The molecule has 0 aromatic heterocycles. The van der Waals surface area contributed by atoms with Crippen molar-refractivity contribution in [2.75, 3.05) is 13.1 Å². The Morgan fingerprint density at radius 1 is 0.875 bits per heavy atom. The summed E-state index contributed by atoms with van der Waals surface area (Å²) in [5.41, 5.74) is -1.69. The highest BCUT2D eigenvalue weighted by molar-refractivity contribution is 9.08. The lowest BCUT2D eigenvalue weighted by Gasteiger charge is -2.38. The number of imide groups is 1. The Labute approximate surface area is 195 Å². The lowest BCUT2D eigenvalue weighted by molar-refractivity contribution is -0.136. The third kappa shape index (κ3) is 5.72. The second-order valence-corrected chi connectivity index (χ2v) is 8.57. The molecule has 0 bridgehead atoms. The highest BCUT2D eigenvalue weighted by Crippen LogP contribution is 2.48. The number of nitrogens with zero attached hydrogens (tertiary/aromatic N) is 9. The van der Waals surface area contributed by atoms with Crippen molar-refractivity contribution in [3.63, 3.8) is 0 Å². The average Bonchev–Trinajstić information content (AvgIpc) is 3.02. The lowest BCUT2D eigenvalue weighted by atomic mass is 9.66. The third-order valence-electron chi connectivity index (χ3n) is 5.21. The zero-order valence-corrected chi connectivity index (χ0v) is 19.9. The van der Waals surface area contributed by atoms with Gasteiger partial charge in [-0.2, -0.15) is 41.5 Å². The molecule has 1 aliphatic rings. The van der Waals surface area contributed by atoms with Crippen molar-refractivity contribution >= 4 is 28.0 Å². The summed E-state index contributed by atoms with van der Waals surface area (Å²) in [5, 5.41) is 53.7. The summed E-state index contributed by atoms with van der Waals surface area (Å²) in [7, 11) is 0. The van der Waals surface area contributed by atoms with Crippen LogP contribution in [0.15, 0.2) is 20.5 Å². The maximum atomic E-state index is 13.4. The van der Waals surface area contributed by atoms with Crippen LogP contribution in [0.3, 0.4) is 0 Å². The topological polar surface area (TPSA) is 182 Å². The quantitative estimate of drug-likeness (QED) is 0.251. The zero-order chi connectivity index (χ0) is 24.5. The Morgan fingerprint density at radius 2 is 1.28 bits per heavy atom. The van der Waals surface area contributed by atoms with E-state index in [1.165, 1.54) is 13.8 Å². The molecule has 6 unspecified atom stereocenters. The Bertz CT molecular complexity index is 881. The van der Waals surface area contributed by atoms with Crippen LogP contribution in [0.25, 0.3) is 0 Å². The molecule has 0 spiro atoms. The molecule has 1 heterocycles. The molecule has 1 aliphatic heterocycles. The van der Waals surface area contributed by atoms with E-state index in [9.17, 15) is 20.1 Å². The molecule has 32 heavy (non-hydrogen) atoms. The van der Waals surface area contributed by atoms with Gasteiger partial charge in [-0.1, -0.05) is 0 Å². The third-order valence-corrected chi connectivity index (χ3v) is 5.93. The molecule has 0 aromatic carbocycles. The maximum Gasteiger partial charge on any atom is 0.250 e. The fourth-order valence-corrected chi connectivity index (χ4v) is 3.82. The molecule has 2 amide bonds. The molecular formula is C20H24BrN9O2. The van der Waals surface area contributed by atoms with Crippen LogP contribution in [0.1, 0.15) is 34.1 Å². The van der Waals surface area contributed by atoms with Gasteiger partial charge in [0, 0.05) is 6.42 Å². The van der Waals surface area contributed by atoms with Crippen molar-refractivity contribution in [2.24, 2.45) is 49.5 Å². The first-order chi connectivity index (χ1) is 15.1. The molecular weight excluding hydrogens is 478 g/mol. The van der Waals surface area contributed by atoms with Gasteiger partial charge in [-0.05, 0) is 27.7 Å². The summed E-state index contributed by atoms with van der Waals surface area (Å²) in [5.74, 6) is -3.88. The number of hydrogen-bond acceptors (Lipinski definition) is 10. The van der Waals surface area contributed by atoms with Gasteiger partial charge in [0.2, 0.25) is 5.91 Å². The van der Waals surface area contributed by atoms with Gasteiger partial charge in [-0.15, -0.1) is 0 Å². The van der Waals surface area contributed by atoms with Crippen LogP contribution < -0.4 is 0 Å². The second kappa shape index (κ2) is 12.0. The summed E-state index contributed by atoms with van der Waals surface area (Å²) in [6.07, 6.45) is -0.357. The van der Waals surface area contributed by atoms with Crippen LogP contribution in [0, 0.1) is 74.4 Å². The Balaban J connectivity index is 3.67. The number of halogens is 1. The van der Waals surface area contributed by atoms with Crippen molar-refractivity contribution in [2.45, 2.75) is 46.2 Å². The number of nitriles is 4. The van der Waals surface area contributed by atoms with Gasteiger partial charge in [0.05, 0.1) is 77.2 Å². The minimum Gasteiger partial charge on any atom is -0.273 e. The van der Waals surface area contributed by atoms with Crippen molar-refractivity contribution in [3.05, 3.63) is 0 Å². The number of amides is 2. The molecule has 1 rings (SSSR count). The van der Waals surface area contributed by atoms with E-state index < -0.39 is 53.0 Å². The summed E-state index contributed by atoms with van der Waals surface area (Å²) in [4.78, 5) is 25.9. The minimum atomic E-state index is -1.69. The van der Waals surface area contributed by atoms with Crippen LogP contribution in [0.2, 0.25) is 0 Å². The maximum absolute atomic E-state index is 13.4. The van der Waals surface area contributed by atoms with Crippen LogP contribution in [-0.2, 0) is 9.59 Å². The SMILES string of the molecule is CC(C#N)CN=NC(C(C)C#N)C1(C(N=NCC(C)C#N)C(C)C#N)CC(=O)N(Br)C1=O. The highest BCUT2D eigenvalue weighted by Gasteiger charge is 2.63. The van der Waals surface area contributed by atoms with E-state index in [-0.39, 0.29) is 19.5 Å². The first-order valence-electron chi connectivity index (χ1n) is 9.95. The van der Waals surface area contributed by atoms with E-state index in [0.717, 1.165) is 3.93 Å². The fraction of sp³-hybridized carbons (Fsp3) is 0.700. The first-order valence-corrected chi connectivity index (χ1v) is 10.7. The van der Waals surface area contributed by atoms with Crippen LogP contribution in [-0.4, -0.2) is 40.9 Å². The molecule has 6 atom stereocenters. The van der Waals surface area contributed by atoms with Gasteiger partial charge in [-0.25, -0.2) is 3.93 Å². The summed E-state index contributed by atoms with van der Waals surface area (Å²) < 4.78 is 0.766. The summed E-state index contributed by atoms with van der Waals surface area (Å²) in [6, 6.07) is 5.90. The van der Waals surface area contributed by atoms with Crippen molar-refractivity contribution in [1.82, 2.24) is 3.93 Å². The number of carbonyl (C=O) groups excluding carboxylic acids is 2. The molecule has 1 saturated heterocycles. The van der Waals surface area contributed by atoms with Crippen LogP contribution in [0.4, 0.5) is 0 Å². The van der Waals surface area contributed by atoms with Crippen molar-refractivity contribution in [1.29, 1.82) is 21.0 Å².